The van der Waals surface area contributed by atoms with Gasteiger partial charge in [0.25, 0.3) is 0 Å². The van der Waals surface area contributed by atoms with Crippen molar-refractivity contribution in [1.29, 1.82) is 0 Å². The normalized spacial score (nSPS) is 21.2. The van der Waals surface area contributed by atoms with Crippen molar-refractivity contribution < 1.29 is 0 Å². The highest BCUT2D eigenvalue weighted by atomic mass is 32.1. The highest BCUT2D eigenvalue weighted by molar-refractivity contribution is 7.11. The van der Waals surface area contributed by atoms with Crippen LogP contribution in [0.1, 0.15) is 68.4 Å². The molecule has 0 aliphatic heterocycles. The van der Waals surface area contributed by atoms with Crippen molar-refractivity contribution in [3.8, 4) is 0 Å². The Morgan fingerprint density at radius 1 is 1.31 bits per heavy atom. The van der Waals surface area contributed by atoms with Gasteiger partial charge in [0.05, 0.1) is 6.04 Å². The van der Waals surface area contributed by atoms with Gasteiger partial charge in [0.15, 0.2) is 0 Å². The van der Waals surface area contributed by atoms with Crippen LogP contribution in [0, 0.1) is 0 Å². The first-order chi connectivity index (χ1) is 7.72. The Labute approximate surface area is 101 Å². The average molecular weight is 239 g/mol. The van der Waals surface area contributed by atoms with Gasteiger partial charge in [-0.1, -0.05) is 38.0 Å². The Morgan fingerprint density at radius 2 is 2.00 bits per heavy atom. The molecule has 2 rings (SSSR count). The van der Waals surface area contributed by atoms with Gasteiger partial charge in [-0.15, -0.1) is 10.2 Å². The molecule has 2 N–H and O–H groups in total. The lowest BCUT2D eigenvalue weighted by atomic mass is 9.84. The molecule has 1 unspecified atom stereocenters. The molecule has 3 nitrogen and oxygen atoms in total. The first-order valence-corrected chi connectivity index (χ1v) is 7.13. The molecule has 1 saturated carbocycles. The van der Waals surface area contributed by atoms with Gasteiger partial charge in [0.1, 0.15) is 10.0 Å². The summed E-state index contributed by atoms with van der Waals surface area (Å²) in [7, 11) is 0. The maximum atomic E-state index is 6.00. The summed E-state index contributed by atoms with van der Waals surface area (Å²) in [5, 5.41) is 10.9. The van der Waals surface area contributed by atoms with Gasteiger partial charge in [-0.05, 0) is 25.7 Å². The van der Waals surface area contributed by atoms with E-state index in [1.165, 1.54) is 37.1 Å². The zero-order chi connectivity index (χ0) is 11.6. The Bertz CT molecular complexity index is 342. The summed E-state index contributed by atoms with van der Waals surface area (Å²) in [6.07, 6.45) is 7.35. The van der Waals surface area contributed by atoms with Crippen LogP contribution in [-0.2, 0) is 5.41 Å². The maximum absolute atomic E-state index is 6.00. The fraction of sp³-hybridized carbons (Fsp3) is 0.833. The second kappa shape index (κ2) is 4.80. The molecule has 0 amide bonds. The van der Waals surface area contributed by atoms with E-state index in [1.807, 2.05) is 0 Å². The third-order valence-electron chi connectivity index (χ3n) is 3.89. The Hall–Kier alpha value is -0.480. The summed E-state index contributed by atoms with van der Waals surface area (Å²) in [5.41, 5.74) is 6.32. The largest absolute Gasteiger partial charge is 0.322 e. The first-order valence-electron chi connectivity index (χ1n) is 6.31. The van der Waals surface area contributed by atoms with Crippen LogP contribution >= 0.6 is 11.3 Å². The van der Waals surface area contributed by atoms with Crippen LogP contribution in [-0.4, -0.2) is 10.2 Å². The smallest absolute Gasteiger partial charge is 0.134 e. The first kappa shape index (κ1) is 12.0. The van der Waals surface area contributed by atoms with Gasteiger partial charge in [-0.25, -0.2) is 0 Å². The molecule has 1 atom stereocenters. The summed E-state index contributed by atoms with van der Waals surface area (Å²) in [4.78, 5) is 0. The van der Waals surface area contributed by atoms with Crippen molar-refractivity contribution in [2.45, 2.75) is 63.8 Å². The number of hydrogen-bond donors (Lipinski definition) is 1. The Balaban J connectivity index is 2.23. The van der Waals surface area contributed by atoms with Gasteiger partial charge in [-0.3, -0.25) is 0 Å². The molecule has 1 aliphatic rings. The van der Waals surface area contributed by atoms with Crippen LogP contribution in [0.2, 0.25) is 0 Å². The quantitative estimate of drug-likeness (QED) is 0.878. The number of aromatic nitrogens is 2. The van der Waals surface area contributed by atoms with E-state index in [9.17, 15) is 0 Å². The van der Waals surface area contributed by atoms with Crippen molar-refractivity contribution in [1.82, 2.24) is 10.2 Å². The van der Waals surface area contributed by atoms with Gasteiger partial charge in [-0.2, -0.15) is 0 Å². The summed E-state index contributed by atoms with van der Waals surface area (Å²) < 4.78 is 0. The van der Waals surface area contributed by atoms with Crippen LogP contribution in [0.3, 0.4) is 0 Å². The fourth-order valence-electron chi connectivity index (χ4n) is 2.54. The molecule has 1 aliphatic carbocycles. The molecule has 4 heteroatoms. The highest BCUT2D eigenvalue weighted by Crippen LogP contribution is 2.45. The van der Waals surface area contributed by atoms with Gasteiger partial charge in [0, 0.05) is 5.41 Å². The topological polar surface area (TPSA) is 51.8 Å². The van der Waals surface area contributed by atoms with E-state index >= 15 is 0 Å². The number of nitrogens with two attached hydrogens (primary N) is 1. The predicted octanol–water partition coefficient (Wildman–Crippen LogP) is 3.17. The Kier molecular flexibility index (Phi) is 3.60. The molecule has 90 valence electrons. The Morgan fingerprint density at radius 3 is 2.56 bits per heavy atom. The van der Waals surface area contributed by atoms with E-state index in [1.54, 1.807) is 11.3 Å². The van der Waals surface area contributed by atoms with Gasteiger partial charge < -0.3 is 5.73 Å². The lowest BCUT2D eigenvalue weighted by molar-refractivity contribution is 0.419. The molecule has 1 fully saturated rings. The van der Waals surface area contributed by atoms with E-state index in [4.69, 9.17) is 5.73 Å². The van der Waals surface area contributed by atoms with Crippen molar-refractivity contribution in [2.24, 2.45) is 5.73 Å². The van der Waals surface area contributed by atoms with Crippen LogP contribution in [0.4, 0.5) is 0 Å². The van der Waals surface area contributed by atoms with E-state index in [0.717, 1.165) is 11.4 Å². The van der Waals surface area contributed by atoms with Gasteiger partial charge >= 0.3 is 0 Å². The van der Waals surface area contributed by atoms with Crippen molar-refractivity contribution in [3.05, 3.63) is 10.0 Å². The molecule has 0 bridgehead atoms. The molecule has 0 aromatic carbocycles. The third-order valence-corrected chi connectivity index (χ3v) is 5.19. The van der Waals surface area contributed by atoms with E-state index in [2.05, 4.69) is 24.0 Å². The minimum atomic E-state index is 0.0709. The fourth-order valence-corrected chi connectivity index (χ4v) is 3.79. The molecule has 1 aromatic heterocycles. The average Bonchev–Trinajstić information content (AvgIpc) is 2.96. The SMILES string of the molecule is CCC(N)c1nnc(C2(CC)CCCC2)s1. The molecule has 1 heterocycles. The lowest BCUT2D eigenvalue weighted by Gasteiger charge is -2.23. The van der Waals surface area contributed by atoms with Gasteiger partial charge in [0.2, 0.25) is 0 Å². The summed E-state index contributed by atoms with van der Waals surface area (Å²) >= 11 is 1.74. The lowest BCUT2D eigenvalue weighted by Crippen LogP contribution is -2.20. The number of nitrogens with zero attached hydrogens (tertiary/aromatic N) is 2. The summed E-state index contributed by atoms with van der Waals surface area (Å²) in [6, 6.07) is 0.0709. The molecule has 0 saturated heterocycles. The molecule has 0 spiro atoms. The van der Waals surface area contributed by atoms with Crippen molar-refractivity contribution in [3.63, 3.8) is 0 Å². The zero-order valence-electron chi connectivity index (χ0n) is 10.2. The van der Waals surface area contributed by atoms with Crippen LogP contribution in [0.5, 0.6) is 0 Å². The number of hydrogen-bond acceptors (Lipinski definition) is 4. The molecule has 1 aromatic rings. The minimum Gasteiger partial charge on any atom is -0.322 e. The molecule has 0 radical (unpaired) electrons. The molecule has 16 heavy (non-hydrogen) atoms. The van der Waals surface area contributed by atoms with Crippen LogP contribution < -0.4 is 5.73 Å². The predicted molar refractivity (Wildman–Crippen MR) is 67.6 cm³/mol. The second-order valence-corrected chi connectivity index (χ2v) is 5.81. The molecular formula is C12H21N3S. The standard InChI is InChI=1S/C12H21N3S/c1-3-9(13)10-14-15-11(16-10)12(4-2)7-5-6-8-12/h9H,3-8,13H2,1-2H3. The van der Waals surface area contributed by atoms with Crippen molar-refractivity contribution >= 4 is 11.3 Å². The van der Waals surface area contributed by atoms with Crippen LogP contribution in [0.15, 0.2) is 0 Å². The monoisotopic (exact) mass is 239 g/mol. The summed E-state index contributed by atoms with van der Waals surface area (Å²) in [6.45, 7) is 4.36. The van der Waals surface area contributed by atoms with Crippen molar-refractivity contribution in [2.75, 3.05) is 0 Å². The molecular weight excluding hydrogens is 218 g/mol. The van der Waals surface area contributed by atoms with E-state index in [-0.39, 0.29) is 6.04 Å². The van der Waals surface area contributed by atoms with E-state index in [0.29, 0.717) is 5.41 Å². The number of rotatable bonds is 4. The highest BCUT2D eigenvalue weighted by Gasteiger charge is 2.37. The third kappa shape index (κ3) is 2.00. The summed E-state index contributed by atoms with van der Waals surface area (Å²) in [5.74, 6) is 0. The van der Waals surface area contributed by atoms with Crippen LogP contribution in [0.25, 0.3) is 0 Å². The van der Waals surface area contributed by atoms with E-state index < -0.39 is 0 Å². The second-order valence-electron chi connectivity index (χ2n) is 4.80. The minimum absolute atomic E-state index is 0.0709. The zero-order valence-corrected chi connectivity index (χ0v) is 11.0. The maximum Gasteiger partial charge on any atom is 0.134 e.